The lowest BCUT2D eigenvalue weighted by Gasteiger charge is -2.34. The minimum atomic E-state index is -0.837. The zero-order valence-electron chi connectivity index (χ0n) is 14.5. The molecule has 1 aromatic rings. The number of piperidine rings is 1. The summed E-state index contributed by atoms with van der Waals surface area (Å²) in [5.74, 6) is -0.334. The number of carboxylic acids is 1. The Kier molecular flexibility index (Phi) is 6.06. The van der Waals surface area contributed by atoms with Gasteiger partial charge in [0.05, 0.1) is 12.5 Å². The maximum absolute atomic E-state index is 12.3. The molecule has 0 spiro atoms. The van der Waals surface area contributed by atoms with Crippen LogP contribution in [0.15, 0.2) is 24.3 Å². The predicted octanol–water partition coefficient (Wildman–Crippen LogP) is 2.51. The van der Waals surface area contributed by atoms with Crippen molar-refractivity contribution in [3.05, 3.63) is 29.8 Å². The minimum Gasteiger partial charge on any atom is -0.489 e. The molecule has 24 heavy (non-hydrogen) atoms. The van der Waals surface area contributed by atoms with Gasteiger partial charge in [0.15, 0.2) is 0 Å². The molecule has 0 saturated carbocycles. The van der Waals surface area contributed by atoms with Gasteiger partial charge in [-0.25, -0.2) is 4.79 Å². The van der Waals surface area contributed by atoms with Crippen molar-refractivity contribution >= 4 is 12.0 Å². The van der Waals surface area contributed by atoms with Crippen LogP contribution in [0.1, 0.15) is 25.8 Å². The van der Waals surface area contributed by atoms with Crippen LogP contribution < -0.4 is 10.1 Å². The first-order valence-corrected chi connectivity index (χ1v) is 8.34. The molecule has 0 radical (unpaired) electrons. The van der Waals surface area contributed by atoms with Crippen molar-refractivity contribution in [1.29, 1.82) is 0 Å². The molecule has 3 atom stereocenters. The summed E-state index contributed by atoms with van der Waals surface area (Å²) in [6.45, 7) is 7.06. The van der Waals surface area contributed by atoms with Crippen LogP contribution in [0, 0.1) is 18.8 Å². The number of likely N-dealkylation sites (tertiary alicyclic amines) is 1. The Balaban J connectivity index is 1.83. The third-order valence-electron chi connectivity index (χ3n) is 4.26. The zero-order chi connectivity index (χ0) is 17.7. The second-order valence-corrected chi connectivity index (χ2v) is 6.66. The van der Waals surface area contributed by atoms with E-state index in [2.05, 4.69) is 5.32 Å². The number of aryl methyl sites for hydroxylation is 1. The minimum absolute atomic E-state index is 0.174. The summed E-state index contributed by atoms with van der Waals surface area (Å²) in [4.78, 5) is 25.1. The number of benzene rings is 1. The largest absolute Gasteiger partial charge is 0.489 e. The smallest absolute Gasteiger partial charge is 0.317 e. The zero-order valence-corrected chi connectivity index (χ0v) is 14.5. The standard InChI is InChI=1S/C18H26N2O4/c1-12-8-15(17(21)22)11-20(10-12)18(23)19-9-14(3)24-16-7-5-4-6-13(16)2/h4-7,12,14-15H,8-11H2,1-3H3,(H,19,23)(H,21,22). The van der Waals surface area contributed by atoms with E-state index in [4.69, 9.17) is 4.74 Å². The molecule has 2 rings (SSSR count). The summed E-state index contributed by atoms with van der Waals surface area (Å²) in [5, 5.41) is 12.0. The number of carbonyl (C=O) groups is 2. The Labute approximate surface area is 142 Å². The predicted molar refractivity (Wildman–Crippen MR) is 91.1 cm³/mol. The van der Waals surface area contributed by atoms with E-state index in [-0.39, 0.29) is 24.6 Å². The number of hydrogen-bond acceptors (Lipinski definition) is 3. The molecule has 1 aliphatic heterocycles. The molecule has 1 aromatic carbocycles. The molecule has 1 fully saturated rings. The molecular formula is C18H26N2O4. The second-order valence-electron chi connectivity index (χ2n) is 6.66. The number of amides is 2. The van der Waals surface area contributed by atoms with Crippen molar-refractivity contribution in [3.8, 4) is 5.75 Å². The van der Waals surface area contributed by atoms with Crippen LogP contribution in [-0.4, -0.2) is 47.7 Å². The van der Waals surface area contributed by atoms with Gasteiger partial charge in [0.1, 0.15) is 11.9 Å². The Morgan fingerprint density at radius 3 is 2.75 bits per heavy atom. The molecule has 1 heterocycles. The second kappa shape index (κ2) is 8.04. The Morgan fingerprint density at radius 1 is 1.38 bits per heavy atom. The average Bonchev–Trinajstić information content (AvgIpc) is 2.54. The molecule has 1 saturated heterocycles. The third-order valence-corrected chi connectivity index (χ3v) is 4.26. The van der Waals surface area contributed by atoms with Gasteiger partial charge in [0.25, 0.3) is 0 Å². The van der Waals surface area contributed by atoms with E-state index in [9.17, 15) is 14.7 Å². The van der Waals surface area contributed by atoms with Crippen molar-refractivity contribution in [2.24, 2.45) is 11.8 Å². The van der Waals surface area contributed by atoms with E-state index in [0.29, 0.717) is 19.5 Å². The maximum atomic E-state index is 12.3. The van der Waals surface area contributed by atoms with Crippen molar-refractivity contribution in [1.82, 2.24) is 10.2 Å². The maximum Gasteiger partial charge on any atom is 0.317 e. The Bertz CT molecular complexity index is 590. The molecular weight excluding hydrogens is 308 g/mol. The van der Waals surface area contributed by atoms with Gasteiger partial charge in [0.2, 0.25) is 0 Å². The van der Waals surface area contributed by atoms with Crippen LogP contribution in [0.25, 0.3) is 0 Å². The van der Waals surface area contributed by atoms with E-state index < -0.39 is 11.9 Å². The van der Waals surface area contributed by atoms with Gasteiger partial charge >= 0.3 is 12.0 Å². The van der Waals surface area contributed by atoms with Crippen LogP contribution in [-0.2, 0) is 4.79 Å². The van der Waals surface area contributed by atoms with Crippen LogP contribution in [0.5, 0.6) is 5.75 Å². The number of carbonyl (C=O) groups excluding carboxylic acids is 1. The molecule has 0 aromatic heterocycles. The SMILES string of the molecule is Cc1ccccc1OC(C)CNC(=O)N1CC(C)CC(C(=O)O)C1. The number of nitrogens with zero attached hydrogens (tertiary/aromatic N) is 1. The number of carboxylic acid groups (broad SMARTS) is 1. The highest BCUT2D eigenvalue weighted by Gasteiger charge is 2.31. The monoisotopic (exact) mass is 334 g/mol. The molecule has 2 N–H and O–H groups in total. The van der Waals surface area contributed by atoms with Crippen molar-refractivity contribution < 1.29 is 19.4 Å². The fraction of sp³-hybridized carbons (Fsp3) is 0.556. The van der Waals surface area contributed by atoms with Crippen molar-refractivity contribution in [3.63, 3.8) is 0 Å². The molecule has 0 bridgehead atoms. The Hall–Kier alpha value is -2.24. The van der Waals surface area contributed by atoms with Gasteiger partial charge in [-0.3, -0.25) is 4.79 Å². The van der Waals surface area contributed by atoms with Crippen molar-refractivity contribution in [2.75, 3.05) is 19.6 Å². The number of ether oxygens (including phenoxy) is 1. The fourth-order valence-corrected chi connectivity index (χ4v) is 2.99. The molecule has 2 amide bonds. The van der Waals surface area contributed by atoms with Gasteiger partial charge in [-0.2, -0.15) is 0 Å². The first kappa shape index (κ1) is 18.1. The molecule has 0 aliphatic carbocycles. The highest BCUT2D eigenvalue weighted by Crippen LogP contribution is 2.22. The van der Waals surface area contributed by atoms with Gasteiger partial charge in [-0.1, -0.05) is 25.1 Å². The molecule has 6 heteroatoms. The lowest BCUT2D eigenvalue weighted by Crippen LogP contribution is -2.50. The molecule has 6 nitrogen and oxygen atoms in total. The van der Waals surface area contributed by atoms with E-state index in [0.717, 1.165) is 11.3 Å². The molecule has 1 aliphatic rings. The summed E-state index contributed by atoms with van der Waals surface area (Å²) in [6.07, 6.45) is 0.443. The highest BCUT2D eigenvalue weighted by molar-refractivity contribution is 5.76. The summed E-state index contributed by atoms with van der Waals surface area (Å²) in [5.41, 5.74) is 1.05. The Morgan fingerprint density at radius 2 is 2.08 bits per heavy atom. The van der Waals surface area contributed by atoms with Gasteiger partial charge < -0.3 is 20.1 Å². The lowest BCUT2D eigenvalue weighted by atomic mass is 9.91. The van der Waals surface area contributed by atoms with E-state index in [1.54, 1.807) is 4.90 Å². The van der Waals surface area contributed by atoms with Gasteiger partial charge in [-0.15, -0.1) is 0 Å². The first-order chi connectivity index (χ1) is 11.4. The average molecular weight is 334 g/mol. The normalized spacial score (nSPS) is 21.9. The van der Waals surface area contributed by atoms with Crippen LogP contribution in [0.3, 0.4) is 0 Å². The highest BCUT2D eigenvalue weighted by atomic mass is 16.5. The number of urea groups is 1. The van der Waals surface area contributed by atoms with E-state index in [1.807, 2.05) is 45.0 Å². The van der Waals surface area contributed by atoms with Gasteiger partial charge in [-0.05, 0) is 37.8 Å². The molecule has 3 unspecified atom stereocenters. The topological polar surface area (TPSA) is 78.9 Å². The van der Waals surface area contributed by atoms with Crippen LogP contribution in [0.4, 0.5) is 4.79 Å². The molecule has 132 valence electrons. The van der Waals surface area contributed by atoms with Crippen LogP contribution in [0.2, 0.25) is 0 Å². The lowest BCUT2D eigenvalue weighted by molar-refractivity contribution is -0.143. The number of nitrogens with one attached hydrogen (secondary N) is 1. The van der Waals surface area contributed by atoms with Gasteiger partial charge in [0, 0.05) is 13.1 Å². The number of aliphatic carboxylic acids is 1. The summed E-state index contributed by atoms with van der Waals surface area (Å²) in [7, 11) is 0. The van der Waals surface area contributed by atoms with Crippen LogP contribution >= 0.6 is 0 Å². The van der Waals surface area contributed by atoms with E-state index >= 15 is 0 Å². The third kappa shape index (κ3) is 4.88. The number of hydrogen-bond donors (Lipinski definition) is 2. The number of rotatable bonds is 5. The van der Waals surface area contributed by atoms with E-state index in [1.165, 1.54) is 0 Å². The van der Waals surface area contributed by atoms with Crippen molar-refractivity contribution in [2.45, 2.75) is 33.3 Å². The first-order valence-electron chi connectivity index (χ1n) is 8.34. The summed E-state index contributed by atoms with van der Waals surface area (Å²) in [6, 6.07) is 7.51. The number of para-hydroxylation sites is 1. The summed E-state index contributed by atoms with van der Waals surface area (Å²) < 4.78 is 5.84. The fourth-order valence-electron chi connectivity index (χ4n) is 2.99. The quantitative estimate of drug-likeness (QED) is 0.867. The summed E-state index contributed by atoms with van der Waals surface area (Å²) >= 11 is 0.